The van der Waals surface area contributed by atoms with E-state index in [9.17, 15) is 9.59 Å². The second kappa shape index (κ2) is 13.2. The second-order valence-corrected chi connectivity index (χ2v) is 11.2. The molecule has 41 heavy (non-hydrogen) atoms. The van der Waals surface area contributed by atoms with Crippen LogP contribution in [0.15, 0.2) is 71.9 Å². The van der Waals surface area contributed by atoms with Crippen LogP contribution in [0.4, 0.5) is 5.13 Å². The van der Waals surface area contributed by atoms with Crippen molar-refractivity contribution in [3.63, 3.8) is 0 Å². The van der Waals surface area contributed by atoms with Crippen molar-refractivity contribution in [3.05, 3.63) is 82.6 Å². The fourth-order valence-corrected chi connectivity index (χ4v) is 5.85. The van der Waals surface area contributed by atoms with Gasteiger partial charge in [-0.2, -0.15) is 0 Å². The SMILES string of the molecule is COc1ccccc1-n1c(CNC(=O)COc2ccc(Cl)cc2Cl)nnc1SCC(=O)Nc1nc2ccccc2s1. The molecule has 0 atom stereocenters. The molecular formula is C27H22Cl2N6O4S2. The maximum Gasteiger partial charge on any atom is 0.258 e. The Labute approximate surface area is 253 Å². The van der Waals surface area contributed by atoms with Gasteiger partial charge in [-0.3, -0.25) is 14.2 Å². The number of anilines is 1. The minimum absolute atomic E-state index is 0.0417. The average molecular weight is 630 g/mol. The first-order chi connectivity index (χ1) is 19.9. The van der Waals surface area contributed by atoms with E-state index in [1.54, 1.807) is 29.9 Å². The van der Waals surface area contributed by atoms with E-state index in [0.29, 0.717) is 43.3 Å². The van der Waals surface area contributed by atoms with Crippen LogP contribution in [0.2, 0.25) is 10.0 Å². The van der Waals surface area contributed by atoms with Crippen molar-refractivity contribution in [1.29, 1.82) is 0 Å². The largest absolute Gasteiger partial charge is 0.495 e. The Morgan fingerprint density at radius 2 is 1.80 bits per heavy atom. The molecule has 0 aliphatic heterocycles. The number of ether oxygens (including phenoxy) is 2. The number of amides is 2. The Kier molecular flexibility index (Phi) is 9.24. The van der Waals surface area contributed by atoms with Gasteiger partial charge in [-0.15, -0.1) is 10.2 Å². The molecule has 5 aromatic rings. The molecule has 2 amide bonds. The number of rotatable bonds is 11. The quantitative estimate of drug-likeness (QED) is 0.181. The van der Waals surface area contributed by atoms with Crippen molar-refractivity contribution < 1.29 is 19.1 Å². The zero-order chi connectivity index (χ0) is 28.8. The third kappa shape index (κ3) is 7.09. The van der Waals surface area contributed by atoms with Crippen LogP contribution in [0.1, 0.15) is 5.82 Å². The number of thiazole rings is 1. The number of carbonyl (C=O) groups excluding carboxylic acids is 2. The van der Waals surface area contributed by atoms with Gasteiger partial charge in [0.05, 0.1) is 40.3 Å². The fraction of sp³-hybridized carbons (Fsp3) is 0.148. The van der Waals surface area contributed by atoms with Gasteiger partial charge in [-0.25, -0.2) is 4.98 Å². The van der Waals surface area contributed by atoms with E-state index in [1.807, 2.05) is 42.5 Å². The summed E-state index contributed by atoms with van der Waals surface area (Å²) in [5.74, 6) is 0.770. The summed E-state index contributed by atoms with van der Waals surface area (Å²) in [4.78, 5) is 29.7. The van der Waals surface area contributed by atoms with Crippen molar-refractivity contribution in [3.8, 4) is 17.2 Å². The summed E-state index contributed by atoms with van der Waals surface area (Å²) in [6.07, 6.45) is 0. The third-order valence-corrected chi connectivity index (χ3v) is 8.01. The Morgan fingerprint density at radius 1 is 1.00 bits per heavy atom. The minimum atomic E-state index is -0.394. The van der Waals surface area contributed by atoms with Crippen LogP contribution in [-0.2, 0) is 16.1 Å². The van der Waals surface area contributed by atoms with Crippen LogP contribution in [-0.4, -0.2) is 51.0 Å². The Balaban J connectivity index is 1.27. The highest BCUT2D eigenvalue weighted by atomic mass is 35.5. The molecule has 10 nitrogen and oxygen atoms in total. The molecule has 0 aliphatic rings. The van der Waals surface area contributed by atoms with Gasteiger partial charge in [0, 0.05) is 5.02 Å². The van der Waals surface area contributed by atoms with Gasteiger partial charge in [0.25, 0.3) is 5.91 Å². The second-order valence-electron chi connectivity index (χ2n) is 8.37. The molecule has 5 rings (SSSR count). The Hall–Kier alpha value is -3.84. The smallest absolute Gasteiger partial charge is 0.258 e. The number of para-hydroxylation sites is 3. The van der Waals surface area contributed by atoms with Gasteiger partial charge >= 0.3 is 0 Å². The summed E-state index contributed by atoms with van der Waals surface area (Å²) in [5, 5.41) is 15.9. The minimum Gasteiger partial charge on any atom is -0.495 e. The predicted octanol–water partition coefficient (Wildman–Crippen LogP) is 5.62. The highest BCUT2D eigenvalue weighted by molar-refractivity contribution is 7.99. The summed E-state index contributed by atoms with van der Waals surface area (Å²) in [5.41, 5.74) is 1.48. The summed E-state index contributed by atoms with van der Waals surface area (Å²) in [6, 6.07) is 19.7. The normalized spacial score (nSPS) is 10.9. The number of nitrogens with one attached hydrogen (secondary N) is 2. The van der Waals surface area contributed by atoms with Gasteiger partial charge in [-0.05, 0) is 42.5 Å². The van der Waals surface area contributed by atoms with Crippen LogP contribution in [0.5, 0.6) is 11.5 Å². The molecule has 0 bridgehead atoms. The molecule has 0 spiro atoms. The molecule has 14 heteroatoms. The standard InChI is InChI=1S/C27H22Cl2N6O4S2/c1-38-21-8-4-3-7-19(21)35-23(13-30-24(36)14-39-20-11-10-16(28)12-17(20)29)33-34-27(35)40-15-25(37)32-26-31-18-6-2-5-9-22(18)41-26/h2-12H,13-15H2,1H3,(H,30,36)(H,31,32,37). The van der Waals surface area contributed by atoms with Gasteiger partial charge in [0.15, 0.2) is 22.7 Å². The highest BCUT2D eigenvalue weighted by Crippen LogP contribution is 2.30. The van der Waals surface area contributed by atoms with Crippen molar-refractivity contribution in [1.82, 2.24) is 25.1 Å². The van der Waals surface area contributed by atoms with Crippen LogP contribution in [0.25, 0.3) is 15.9 Å². The summed E-state index contributed by atoms with van der Waals surface area (Å²) in [6.45, 7) is -0.224. The lowest BCUT2D eigenvalue weighted by molar-refractivity contribution is -0.123. The predicted molar refractivity (Wildman–Crippen MR) is 161 cm³/mol. The molecule has 0 fully saturated rings. The number of methoxy groups -OCH3 is 1. The van der Waals surface area contributed by atoms with E-state index in [2.05, 4.69) is 25.8 Å². The molecule has 3 aromatic carbocycles. The van der Waals surface area contributed by atoms with Gasteiger partial charge in [-0.1, -0.05) is 70.6 Å². The van der Waals surface area contributed by atoms with Crippen LogP contribution in [0.3, 0.4) is 0 Å². The molecule has 0 unspecified atom stereocenters. The molecular weight excluding hydrogens is 607 g/mol. The molecule has 0 saturated heterocycles. The summed E-state index contributed by atoms with van der Waals surface area (Å²) in [7, 11) is 1.56. The molecule has 0 aliphatic carbocycles. The van der Waals surface area contributed by atoms with E-state index in [-0.39, 0.29) is 24.8 Å². The number of hydrogen-bond donors (Lipinski definition) is 2. The monoisotopic (exact) mass is 628 g/mol. The van der Waals surface area contributed by atoms with E-state index in [0.717, 1.165) is 10.2 Å². The van der Waals surface area contributed by atoms with E-state index >= 15 is 0 Å². The first-order valence-corrected chi connectivity index (χ1v) is 14.7. The summed E-state index contributed by atoms with van der Waals surface area (Å²) < 4.78 is 13.8. The Morgan fingerprint density at radius 3 is 2.61 bits per heavy atom. The molecule has 2 aromatic heterocycles. The number of aromatic nitrogens is 4. The van der Waals surface area contributed by atoms with Gasteiger partial charge in [0.1, 0.15) is 11.5 Å². The maximum absolute atomic E-state index is 12.8. The number of hydrogen-bond acceptors (Lipinski definition) is 9. The van der Waals surface area contributed by atoms with Gasteiger partial charge < -0.3 is 20.1 Å². The van der Waals surface area contributed by atoms with Crippen LogP contribution in [0, 0.1) is 0 Å². The maximum atomic E-state index is 12.8. The van der Waals surface area contributed by atoms with Crippen molar-refractivity contribution in [2.45, 2.75) is 11.7 Å². The zero-order valence-electron chi connectivity index (χ0n) is 21.5. The van der Waals surface area contributed by atoms with Crippen molar-refractivity contribution in [2.75, 3.05) is 24.8 Å². The van der Waals surface area contributed by atoms with E-state index in [4.69, 9.17) is 32.7 Å². The number of halogens is 2. The highest BCUT2D eigenvalue weighted by Gasteiger charge is 2.20. The van der Waals surface area contributed by atoms with Crippen molar-refractivity contribution >= 4 is 73.5 Å². The third-order valence-electron chi connectivity index (χ3n) is 5.60. The van der Waals surface area contributed by atoms with Crippen LogP contribution < -0.4 is 20.1 Å². The number of thioether (sulfide) groups is 1. The molecule has 0 saturated carbocycles. The topological polar surface area (TPSA) is 120 Å². The number of fused-ring (bicyclic) bond motifs is 1. The lowest BCUT2D eigenvalue weighted by Gasteiger charge is -2.14. The zero-order valence-corrected chi connectivity index (χ0v) is 24.6. The van der Waals surface area contributed by atoms with Gasteiger partial charge in [0.2, 0.25) is 5.91 Å². The molecule has 2 heterocycles. The number of carbonyl (C=O) groups is 2. The number of benzene rings is 3. The lowest BCUT2D eigenvalue weighted by Crippen LogP contribution is -2.29. The Bertz CT molecular complexity index is 1680. The average Bonchev–Trinajstić information content (AvgIpc) is 3.57. The fourth-order valence-electron chi connectivity index (χ4n) is 3.74. The summed E-state index contributed by atoms with van der Waals surface area (Å²) >= 11 is 14.6. The number of nitrogens with zero attached hydrogens (tertiary/aromatic N) is 4. The first-order valence-electron chi connectivity index (χ1n) is 12.1. The molecule has 0 radical (unpaired) electrons. The molecule has 210 valence electrons. The van der Waals surface area contributed by atoms with Crippen molar-refractivity contribution in [2.24, 2.45) is 0 Å². The lowest BCUT2D eigenvalue weighted by atomic mass is 10.3. The first kappa shape index (κ1) is 28.7. The molecule has 2 N–H and O–H groups in total. The van der Waals surface area contributed by atoms with Crippen LogP contribution >= 0.6 is 46.3 Å². The van der Waals surface area contributed by atoms with E-state index in [1.165, 1.54) is 29.2 Å². The van der Waals surface area contributed by atoms with E-state index < -0.39 is 5.91 Å².